The number of carbonyl (C=O) groups is 4. The smallest absolute Gasteiger partial charge is 1.00 e. The zero-order valence-electron chi connectivity index (χ0n) is 26.9. The van der Waals surface area contributed by atoms with Crippen molar-refractivity contribution in [1.29, 1.82) is 0 Å². The molecule has 3 amide bonds. The number of amides is 3. The first-order valence-electron chi connectivity index (χ1n) is 15.7. The van der Waals surface area contributed by atoms with Crippen molar-refractivity contribution in [3.05, 3.63) is 29.8 Å². The minimum atomic E-state index is -1.20. The van der Waals surface area contributed by atoms with Gasteiger partial charge in [-0.1, -0.05) is 96.1 Å². The zero-order chi connectivity index (χ0) is 29.9. The molecule has 1 fully saturated rings. The minimum absolute atomic E-state index is 0. The van der Waals surface area contributed by atoms with Crippen molar-refractivity contribution in [2.45, 2.75) is 128 Å². The van der Waals surface area contributed by atoms with Crippen molar-refractivity contribution in [3.8, 4) is 5.75 Å². The number of likely N-dealkylation sites (tertiary alicyclic amines) is 1. The Labute approximate surface area is 275 Å². The number of carboxylic acid groups (broad SMARTS) is 1. The van der Waals surface area contributed by atoms with E-state index in [-0.39, 0.29) is 61.5 Å². The molecule has 2 atom stereocenters. The SMILES string of the molecule is CCCCCCCCCCCCCCCC(=O)N1CCC[C@H]1C(=O)NCC(=O)N[C@@H](Cc1ccc(O)cc1)C(=O)O.[H-].[Na+]. The monoisotopic (exact) mass is 597 g/mol. The average molecular weight is 598 g/mol. The number of phenols is 1. The van der Waals surface area contributed by atoms with Crippen molar-refractivity contribution < 1.29 is 60.4 Å². The molecule has 0 spiro atoms. The number of aliphatic carboxylic acids is 1. The maximum atomic E-state index is 12.8. The summed E-state index contributed by atoms with van der Waals surface area (Å²) in [6.45, 7) is 2.42. The van der Waals surface area contributed by atoms with E-state index in [0.29, 0.717) is 24.9 Å². The van der Waals surface area contributed by atoms with Crippen LogP contribution in [0.15, 0.2) is 24.3 Å². The van der Waals surface area contributed by atoms with Gasteiger partial charge in [0.05, 0.1) is 6.54 Å². The molecule has 0 saturated carbocycles. The maximum Gasteiger partial charge on any atom is 1.00 e. The summed E-state index contributed by atoms with van der Waals surface area (Å²) in [7, 11) is 0. The fraction of sp³-hybridized carbons (Fsp3) is 0.688. The van der Waals surface area contributed by atoms with Crippen molar-refractivity contribution in [3.63, 3.8) is 0 Å². The van der Waals surface area contributed by atoms with E-state index >= 15 is 0 Å². The molecular weight excluding hydrogens is 545 g/mol. The van der Waals surface area contributed by atoms with Crippen molar-refractivity contribution in [2.24, 2.45) is 0 Å². The fourth-order valence-electron chi connectivity index (χ4n) is 5.37. The quantitative estimate of drug-likeness (QED) is 0.127. The molecule has 0 radical (unpaired) electrons. The van der Waals surface area contributed by atoms with Crippen LogP contribution in [-0.2, 0) is 25.6 Å². The first-order chi connectivity index (χ1) is 19.8. The molecule has 10 heteroatoms. The first kappa shape index (κ1) is 37.9. The van der Waals surface area contributed by atoms with Gasteiger partial charge >= 0.3 is 35.5 Å². The second kappa shape index (κ2) is 22.4. The number of carbonyl (C=O) groups excluding carboxylic acids is 3. The van der Waals surface area contributed by atoms with E-state index in [1.54, 1.807) is 17.0 Å². The van der Waals surface area contributed by atoms with Crippen LogP contribution in [0.1, 0.15) is 117 Å². The van der Waals surface area contributed by atoms with Gasteiger partial charge in [0.2, 0.25) is 17.7 Å². The molecule has 1 aromatic carbocycles. The normalized spacial score (nSPS) is 15.1. The van der Waals surface area contributed by atoms with E-state index in [9.17, 15) is 29.4 Å². The van der Waals surface area contributed by atoms with Crippen molar-refractivity contribution >= 4 is 23.7 Å². The molecule has 232 valence electrons. The molecule has 0 unspecified atom stereocenters. The summed E-state index contributed by atoms with van der Waals surface area (Å²) < 4.78 is 0. The van der Waals surface area contributed by atoms with Crippen LogP contribution in [0.2, 0.25) is 0 Å². The maximum absolute atomic E-state index is 12.8. The molecule has 4 N–H and O–H groups in total. The Kier molecular flexibility index (Phi) is 20.3. The number of hydrogen-bond acceptors (Lipinski definition) is 5. The minimum Gasteiger partial charge on any atom is -1.00 e. The molecule has 42 heavy (non-hydrogen) atoms. The van der Waals surface area contributed by atoms with Crippen LogP contribution < -0.4 is 40.2 Å². The zero-order valence-corrected chi connectivity index (χ0v) is 27.9. The van der Waals surface area contributed by atoms with Crippen LogP contribution >= 0.6 is 0 Å². The third-order valence-corrected chi connectivity index (χ3v) is 7.80. The Morgan fingerprint density at radius 3 is 2.00 bits per heavy atom. The second-order valence-electron chi connectivity index (χ2n) is 11.3. The Morgan fingerprint density at radius 2 is 1.45 bits per heavy atom. The van der Waals surface area contributed by atoms with Gasteiger partial charge in [-0.3, -0.25) is 14.4 Å². The number of unbranched alkanes of at least 4 members (excludes halogenated alkanes) is 12. The summed E-state index contributed by atoms with van der Waals surface area (Å²) in [5.41, 5.74) is 0.642. The molecule has 0 aromatic heterocycles. The molecule has 1 aliphatic heterocycles. The van der Waals surface area contributed by atoms with E-state index in [2.05, 4.69) is 17.6 Å². The Bertz CT molecular complexity index is 950. The summed E-state index contributed by atoms with van der Waals surface area (Å²) in [4.78, 5) is 51.2. The van der Waals surface area contributed by atoms with Crippen LogP contribution in [-0.4, -0.2) is 64.0 Å². The number of nitrogens with one attached hydrogen (secondary N) is 2. The third kappa shape index (κ3) is 15.4. The van der Waals surface area contributed by atoms with Crippen molar-refractivity contribution in [1.82, 2.24) is 15.5 Å². The molecule has 0 aliphatic carbocycles. The number of hydrogen-bond donors (Lipinski definition) is 4. The second-order valence-corrected chi connectivity index (χ2v) is 11.3. The van der Waals surface area contributed by atoms with Gasteiger partial charge in [-0.15, -0.1) is 0 Å². The molecular formula is C32H52N3NaO6. The number of aromatic hydroxyl groups is 1. The predicted molar refractivity (Wildman–Crippen MR) is 161 cm³/mol. The topological polar surface area (TPSA) is 136 Å². The van der Waals surface area contributed by atoms with Crippen LogP contribution in [0.25, 0.3) is 0 Å². The molecule has 1 heterocycles. The average Bonchev–Trinajstić information content (AvgIpc) is 3.45. The summed E-state index contributed by atoms with van der Waals surface area (Å²) in [5, 5.41) is 23.9. The van der Waals surface area contributed by atoms with Gasteiger partial charge < -0.3 is 27.2 Å². The molecule has 1 saturated heterocycles. The largest absolute Gasteiger partial charge is 1.00 e. The molecule has 1 aromatic rings. The summed E-state index contributed by atoms with van der Waals surface area (Å²) in [5.74, 6) is -2.15. The Balaban J connectivity index is 0.00000882. The van der Waals surface area contributed by atoms with Gasteiger partial charge in [0.15, 0.2) is 0 Å². The van der Waals surface area contributed by atoms with Gasteiger partial charge in [-0.05, 0) is 37.0 Å². The van der Waals surface area contributed by atoms with E-state index in [4.69, 9.17) is 0 Å². The van der Waals surface area contributed by atoms with E-state index < -0.39 is 24.0 Å². The number of carboxylic acids is 1. The number of benzene rings is 1. The third-order valence-electron chi connectivity index (χ3n) is 7.80. The molecule has 2 rings (SSSR count). The van der Waals surface area contributed by atoms with Gasteiger partial charge in [0, 0.05) is 19.4 Å². The van der Waals surface area contributed by atoms with Crippen LogP contribution in [0, 0.1) is 0 Å². The summed E-state index contributed by atoms with van der Waals surface area (Å²) in [6.07, 6.45) is 17.9. The van der Waals surface area contributed by atoms with Gasteiger partial charge in [0.25, 0.3) is 0 Å². The van der Waals surface area contributed by atoms with Crippen molar-refractivity contribution in [2.75, 3.05) is 13.1 Å². The Morgan fingerprint density at radius 1 is 0.905 bits per heavy atom. The number of nitrogens with zero attached hydrogens (tertiary/aromatic N) is 1. The number of rotatable bonds is 21. The summed E-state index contributed by atoms with van der Waals surface area (Å²) >= 11 is 0. The van der Waals surface area contributed by atoms with Gasteiger partial charge in [-0.2, -0.15) is 0 Å². The first-order valence-corrected chi connectivity index (χ1v) is 15.7. The van der Waals surface area contributed by atoms with E-state index in [1.165, 1.54) is 76.3 Å². The summed E-state index contributed by atoms with van der Waals surface area (Å²) in [6, 6.07) is 4.30. The predicted octanol–water partition coefficient (Wildman–Crippen LogP) is 2.21. The van der Waals surface area contributed by atoms with E-state index in [1.807, 2.05) is 0 Å². The van der Waals surface area contributed by atoms with Gasteiger partial charge in [-0.25, -0.2) is 4.79 Å². The number of phenolic OH excluding ortho intramolecular Hbond substituents is 1. The Hall–Kier alpha value is -2.10. The van der Waals surface area contributed by atoms with Gasteiger partial charge in [0.1, 0.15) is 17.8 Å². The molecule has 1 aliphatic rings. The van der Waals surface area contributed by atoms with Crippen LogP contribution in [0.5, 0.6) is 5.75 Å². The fourth-order valence-corrected chi connectivity index (χ4v) is 5.37. The van der Waals surface area contributed by atoms with Crippen LogP contribution in [0.3, 0.4) is 0 Å². The van der Waals surface area contributed by atoms with Crippen LogP contribution in [0.4, 0.5) is 0 Å². The molecule has 9 nitrogen and oxygen atoms in total. The van der Waals surface area contributed by atoms with E-state index in [0.717, 1.165) is 25.7 Å². The standard InChI is InChI=1S/C32H51N3O6.Na.H/c1-2-3-4-5-6-7-8-9-10-11-12-13-14-17-30(38)35-22-15-16-28(35)31(39)33-24-29(37)34-27(32(40)41)23-25-18-20-26(36)21-19-25;;/h18-21,27-28,36H,2-17,22-24H2,1H3,(H,33,39)(H,34,37)(H,40,41);;/q;+1;-1/t27-,28-;;/m0../s1. The molecule has 0 bridgehead atoms.